The number of epoxide rings is 1. The summed E-state index contributed by atoms with van der Waals surface area (Å²) in [5.74, 6) is -5.36. The first-order chi connectivity index (χ1) is 42.1. The van der Waals surface area contributed by atoms with Crippen LogP contribution < -0.4 is 20.5 Å². The highest BCUT2D eigenvalue weighted by atomic mass is 19.4. The number of aliphatic hydroxyl groups excluding tert-OH is 1. The Balaban J connectivity index is 0.000000279. The fourth-order valence-corrected chi connectivity index (χ4v) is 9.63. The van der Waals surface area contributed by atoms with Crippen molar-refractivity contribution in [1.82, 2.24) is 5.32 Å². The number of alkyl halides is 14. The standard InChI is InChI=1S/C32H26F9NO3.C22H17F6NO.C10H9F3O2.2CH4/c33-24-13-11-21(12-14-24)29(18-20-7-3-1-4-8-20,23-15-25(34)17-26(16-23)45-31(37,38)28(35)36)42-19-27(43)30(44,32(39,40)41)22-9-5-2-6-10-22;23-17-8-6-15(7-9-17)21(29,13-14-4-2-1-3-5-14)16-10-18(24)12-19(11-16)30-22(27,28)20(25)26;11-10(12,13)9(14,8-6-15-8)7-4-2-1-3-5-7;;/h1-17,27-28,42-44H,18-19H2;1-12,20H,13,29H2;1-5,8,14H,6H2;2*1H4/t27?,29-,30?;21-;;;/m11.../s1. The minimum atomic E-state index is -5.41. The van der Waals surface area contributed by atoms with Gasteiger partial charge in [0.1, 0.15) is 47.0 Å². The normalized spacial score (nSPS) is 16.2. The minimum absolute atomic E-state index is 0. The zero-order chi connectivity index (χ0) is 66.1. The van der Waals surface area contributed by atoms with Gasteiger partial charge in [-0.2, -0.15) is 61.5 Å². The highest BCUT2D eigenvalue weighted by Gasteiger charge is 2.64. The third-order valence-electron chi connectivity index (χ3n) is 14.3. The van der Waals surface area contributed by atoms with Gasteiger partial charge in [0, 0.05) is 18.7 Å². The molecule has 26 heteroatoms. The first-order valence-electron chi connectivity index (χ1n) is 26.6. The van der Waals surface area contributed by atoms with Crippen LogP contribution in [-0.2, 0) is 39.9 Å². The molecule has 1 aliphatic rings. The number of benzene rings is 8. The molecule has 0 radical (unpaired) electrons. The molecule has 0 aromatic heterocycles. The average Bonchev–Trinajstić information content (AvgIpc) is 2.07. The molecule has 0 spiro atoms. The van der Waals surface area contributed by atoms with Crippen LogP contribution in [0, 0.1) is 23.3 Å². The van der Waals surface area contributed by atoms with Crippen molar-refractivity contribution in [3.05, 3.63) is 274 Å². The summed E-state index contributed by atoms with van der Waals surface area (Å²) in [6, 6.07) is 43.4. The number of nitrogens with two attached hydrogens (primary N) is 1. The molecule has 1 heterocycles. The Morgan fingerprint density at radius 2 is 0.837 bits per heavy atom. The van der Waals surface area contributed by atoms with Gasteiger partial charge in [0.05, 0.1) is 17.7 Å². The SMILES string of the molecule is C.C.N[C@](Cc1ccccc1)(c1ccc(F)cc1)c1cc(F)cc(OC(F)(F)C(F)F)c1.OC(CN[C@](Cc1ccccc1)(c1ccc(F)cc1)c1cc(F)cc(OC(F)(F)C(F)F)c1)C(O)(c1ccccc1)C(F)(F)F.OC(c1ccccc1)(C1CO1)C(F)(F)F. The van der Waals surface area contributed by atoms with Crippen LogP contribution in [0.3, 0.4) is 0 Å². The van der Waals surface area contributed by atoms with E-state index in [4.69, 9.17) is 5.73 Å². The number of nitrogens with one attached hydrogen (secondary N) is 1. The molecule has 1 aliphatic heterocycles. The van der Waals surface area contributed by atoms with E-state index in [2.05, 4.69) is 19.5 Å². The fourth-order valence-electron chi connectivity index (χ4n) is 9.63. The second kappa shape index (κ2) is 30.1. The number of halogens is 18. The zero-order valence-corrected chi connectivity index (χ0v) is 46.2. The number of ether oxygens (including phenoxy) is 3. The van der Waals surface area contributed by atoms with Gasteiger partial charge in [0.2, 0.25) is 11.2 Å². The Labute approximate surface area is 516 Å². The van der Waals surface area contributed by atoms with Crippen LogP contribution in [0.5, 0.6) is 11.5 Å². The minimum Gasteiger partial charge on any atom is -0.428 e. The molecule has 496 valence electrons. The number of aliphatic hydroxyl groups is 3. The van der Waals surface area contributed by atoms with Crippen molar-refractivity contribution in [3.8, 4) is 11.5 Å². The van der Waals surface area contributed by atoms with E-state index < -0.39 is 119 Å². The van der Waals surface area contributed by atoms with Crippen LogP contribution in [-0.4, -0.2) is 78.1 Å². The predicted molar refractivity (Wildman–Crippen MR) is 305 cm³/mol. The van der Waals surface area contributed by atoms with Crippen molar-refractivity contribution in [1.29, 1.82) is 0 Å². The van der Waals surface area contributed by atoms with Crippen molar-refractivity contribution in [3.63, 3.8) is 0 Å². The lowest BCUT2D eigenvalue weighted by atomic mass is 9.77. The lowest BCUT2D eigenvalue weighted by Crippen LogP contribution is -2.58. The maximum atomic E-state index is 15.0. The molecule has 1 saturated heterocycles. The van der Waals surface area contributed by atoms with Crippen LogP contribution in [0.4, 0.5) is 79.0 Å². The van der Waals surface area contributed by atoms with E-state index >= 15 is 0 Å². The van der Waals surface area contributed by atoms with Crippen LogP contribution >= 0.6 is 0 Å². The summed E-state index contributed by atoms with van der Waals surface area (Å²) in [6.07, 6.45) is -32.4. The lowest BCUT2D eigenvalue weighted by molar-refractivity contribution is -0.297. The summed E-state index contributed by atoms with van der Waals surface area (Å²) < 4.78 is 256. The van der Waals surface area contributed by atoms with Crippen LogP contribution in [0.15, 0.2) is 206 Å². The fraction of sp³-hybridized carbons (Fsp3) is 0.273. The summed E-state index contributed by atoms with van der Waals surface area (Å²) in [4.78, 5) is 0. The molecule has 92 heavy (non-hydrogen) atoms. The molecule has 0 bridgehead atoms. The van der Waals surface area contributed by atoms with E-state index in [1.54, 1.807) is 66.7 Å². The number of hydrogen-bond acceptors (Lipinski definition) is 8. The summed E-state index contributed by atoms with van der Waals surface area (Å²) >= 11 is 0. The Kier molecular flexibility index (Phi) is 24.4. The molecule has 0 amide bonds. The van der Waals surface area contributed by atoms with Crippen LogP contribution in [0.25, 0.3) is 0 Å². The second-order valence-corrected chi connectivity index (χ2v) is 20.5. The molecule has 8 aromatic carbocycles. The van der Waals surface area contributed by atoms with Crippen LogP contribution in [0.1, 0.15) is 59.4 Å². The van der Waals surface area contributed by atoms with Gasteiger partial charge in [-0.1, -0.05) is 160 Å². The maximum Gasteiger partial charge on any atom is 0.461 e. The van der Waals surface area contributed by atoms with Crippen molar-refractivity contribution in [2.75, 3.05) is 13.2 Å². The lowest BCUT2D eigenvalue weighted by Gasteiger charge is -2.41. The van der Waals surface area contributed by atoms with E-state index in [-0.39, 0.29) is 56.6 Å². The van der Waals surface area contributed by atoms with Crippen molar-refractivity contribution < 1.29 is 109 Å². The smallest absolute Gasteiger partial charge is 0.428 e. The molecule has 6 atom stereocenters. The second-order valence-electron chi connectivity index (χ2n) is 20.5. The molecule has 0 saturated carbocycles. The van der Waals surface area contributed by atoms with E-state index in [1.165, 1.54) is 66.7 Å². The summed E-state index contributed by atoms with van der Waals surface area (Å²) in [7, 11) is 0. The molecule has 9 rings (SSSR count). The predicted octanol–water partition coefficient (Wildman–Crippen LogP) is 15.8. The molecule has 4 unspecified atom stereocenters. The molecule has 0 aliphatic carbocycles. The summed E-state index contributed by atoms with van der Waals surface area (Å²) in [6.45, 7) is -1.13. The van der Waals surface area contributed by atoms with E-state index in [1.807, 2.05) is 0 Å². The molecular formula is C66H60F18N2O6. The molecule has 1 fully saturated rings. The van der Waals surface area contributed by atoms with Crippen molar-refractivity contribution >= 4 is 0 Å². The first kappa shape index (κ1) is 74.6. The largest absolute Gasteiger partial charge is 0.461 e. The highest BCUT2D eigenvalue weighted by Crippen LogP contribution is 2.47. The van der Waals surface area contributed by atoms with E-state index in [9.17, 15) is 94.3 Å². The average molecular weight is 1320 g/mol. The third kappa shape index (κ3) is 17.5. The van der Waals surface area contributed by atoms with Gasteiger partial charge in [0.25, 0.3) is 0 Å². The van der Waals surface area contributed by atoms with E-state index in [0.717, 1.165) is 66.2 Å². The van der Waals surface area contributed by atoms with Gasteiger partial charge >= 0.3 is 37.4 Å². The Hall–Kier alpha value is -8.14. The zero-order valence-electron chi connectivity index (χ0n) is 46.2. The van der Waals surface area contributed by atoms with Crippen LogP contribution in [0.2, 0.25) is 0 Å². The van der Waals surface area contributed by atoms with Crippen molar-refractivity contribution in [2.24, 2.45) is 5.73 Å². The van der Waals surface area contributed by atoms with Gasteiger partial charge in [-0.3, -0.25) is 0 Å². The number of hydrogen-bond donors (Lipinski definition) is 5. The van der Waals surface area contributed by atoms with Gasteiger partial charge in [-0.25, -0.2) is 17.6 Å². The van der Waals surface area contributed by atoms with Gasteiger partial charge in [-0.15, -0.1) is 0 Å². The van der Waals surface area contributed by atoms with Gasteiger partial charge < -0.3 is 40.6 Å². The highest BCUT2D eigenvalue weighted by molar-refractivity contribution is 5.46. The van der Waals surface area contributed by atoms with Crippen molar-refractivity contribution in [2.45, 2.75) is 99.6 Å². The summed E-state index contributed by atoms with van der Waals surface area (Å²) in [5, 5.41) is 34.3. The third-order valence-corrected chi connectivity index (χ3v) is 14.3. The first-order valence-corrected chi connectivity index (χ1v) is 26.6. The summed E-state index contributed by atoms with van der Waals surface area (Å²) in [5.41, 5.74) is -3.15. The molecule has 6 N–H and O–H groups in total. The maximum absolute atomic E-state index is 15.0. The Morgan fingerprint density at radius 3 is 1.24 bits per heavy atom. The van der Waals surface area contributed by atoms with E-state index in [0.29, 0.717) is 23.3 Å². The molecule has 8 aromatic rings. The monoisotopic (exact) mass is 1320 g/mol. The molecular weight excluding hydrogens is 1260 g/mol. The Morgan fingerprint density at radius 1 is 0.457 bits per heavy atom. The Bertz CT molecular complexity index is 3580. The molecule has 8 nitrogen and oxygen atoms in total. The quantitative estimate of drug-likeness (QED) is 0.0355. The topological polar surface area (TPSA) is 130 Å². The van der Waals surface area contributed by atoms with Gasteiger partial charge in [-0.05, 0) is 106 Å². The number of rotatable bonds is 21. The van der Waals surface area contributed by atoms with Gasteiger partial charge in [0.15, 0.2) is 0 Å².